The number of para-hydroxylation sites is 3. The minimum atomic E-state index is -0.236. The molecule has 0 fully saturated rings. The Balaban J connectivity index is 0.925. The normalized spacial score (nSPS) is 16.1. The number of amidine groups is 2. The molecule has 0 amide bonds. The number of hydrogen-bond acceptors (Lipinski definition) is 4. The van der Waals surface area contributed by atoms with Crippen LogP contribution in [0.5, 0.6) is 0 Å². The molecule has 2 aliphatic rings. The highest BCUT2D eigenvalue weighted by Gasteiger charge is 2.26. The monoisotopic (exact) mass is 809 g/mol. The molecule has 1 N–H and O–H groups in total. The van der Waals surface area contributed by atoms with Gasteiger partial charge in [-0.05, 0) is 77.7 Å². The lowest BCUT2D eigenvalue weighted by atomic mass is 9.96. The summed E-state index contributed by atoms with van der Waals surface area (Å²) < 4.78 is 11.5. The number of nitrogens with one attached hydrogen (secondary N) is 1. The van der Waals surface area contributed by atoms with Crippen molar-refractivity contribution in [2.75, 3.05) is 0 Å². The SMILES string of the molecule is C1=c2oc3ccc(-c4cccc(-n5c6ccccc6c6ccc7c8ccccc8n(-c8ccccc8)c7c65)c4)cc3c2=CCC1C1=NC(c2ccccc2)=NC(c2ccccc2)N1. The van der Waals surface area contributed by atoms with Crippen molar-refractivity contribution in [2.24, 2.45) is 15.9 Å². The summed E-state index contributed by atoms with van der Waals surface area (Å²) in [6.45, 7) is 0. The van der Waals surface area contributed by atoms with Gasteiger partial charge in [0, 0.05) is 55.0 Å². The fourth-order valence-electron chi connectivity index (χ4n) is 9.95. The topological polar surface area (TPSA) is 59.8 Å². The third kappa shape index (κ3) is 5.72. The molecule has 0 saturated heterocycles. The van der Waals surface area contributed by atoms with Crippen LogP contribution < -0.4 is 16.0 Å². The maximum Gasteiger partial charge on any atom is 0.159 e. The number of furan rings is 1. The second-order valence-corrected chi connectivity index (χ2v) is 16.5. The number of nitrogens with zero attached hydrogens (tertiary/aromatic N) is 4. The smallest absolute Gasteiger partial charge is 0.159 e. The molecule has 0 saturated carbocycles. The third-order valence-corrected chi connectivity index (χ3v) is 12.9. The van der Waals surface area contributed by atoms with Crippen molar-refractivity contribution in [3.8, 4) is 22.5 Å². The van der Waals surface area contributed by atoms with Gasteiger partial charge in [0.05, 0.1) is 22.1 Å². The Bertz CT molecular complexity index is 3800. The van der Waals surface area contributed by atoms with Crippen molar-refractivity contribution in [3.63, 3.8) is 0 Å². The van der Waals surface area contributed by atoms with Crippen LogP contribution in [0.4, 0.5) is 0 Å². The predicted octanol–water partition coefficient (Wildman–Crippen LogP) is 12.0. The van der Waals surface area contributed by atoms with Crippen LogP contribution in [0, 0.1) is 5.92 Å². The summed E-state index contributed by atoms with van der Waals surface area (Å²) in [6.07, 6.45) is 5.10. The first kappa shape index (κ1) is 35.5. The fourth-order valence-corrected chi connectivity index (χ4v) is 9.95. The summed E-state index contributed by atoms with van der Waals surface area (Å²) in [6, 6.07) is 69.1. The van der Waals surface area contributed by atoms with Crippen molar-refractivity contribution >= 4 is 78.4 Å². The van der Waals surface area contributed by atoms with Gasteiger partial charge in [-0.15, -0.1) is 0 Å². The molecule has 0 bridgehead atoms. The third-order valence-electron chi connectivity index (χ3n) is 12.9. The predicted molar refractivity (Wildman–Crippen MR) is 259 cm³/mol. The molecule has 6 nitrogen and oxygen atoms in total. The van der Waals surface area contributed by atoms with Crippen molar-refractivity contribution in [3.05, 3.63) is 216 Å². The molecular formula is C57H39N5O. The Morgan fingerprint density at radius 3 is 1.84 bits per heavy atom. The highest BCUT2D eigenvalue weighted by atomic mass is 16.3. The lowest BCUT2D eigenvalue weighted by Gasteiger charge is -2.27. The molecule has 6 heteroatoms. The molecule has 1 aliphatic heterocycles. The van der Waals surface area contributed by atoms with E-state index < -0.39 is 0 Å². The van der Waals surface area contributed by atoms with Crippen LogP contribution in [-0.4, -0.2) is 20.8 Å². The zero-order chi connectivity index (χ0) is 41.4. The second-order valence-electron chi connectivity index (χ2n) is 16.5. The van der Waals surface area contributed by atoms with Gasteiger partial charge in [0.15, 0.2) is 5.84 Å². The van der Waals surface area contributed by atoms with E-state index in [0.29, 0.717) is 0 Å². The summed E-state index contributed by atoms with van der Waals surface area (Å²) in [4.78, 5) is 10.1. The number of benzene rings is 8. The number of aromatic nitrogens is 2. The average molecular weight is 810 g/mol. The molecule has 3 aromatic heterocycles. The van der Waals surface area contributed by atoms with Crippen molar-refractivity contribution in [1.82, 2.24) is 14.5 Å². The Kier molecular flexibility index (Phi) is 8.00. The van der Waals surface area contributed by atoms with E-state index in [9.17, 15) is 0 Å². The molecule has 298 valence electrons. The van der Waals surface area contributed by atoms with Crippen molar-refractivity contribution in [2.45, 2.75) is 12.6 Å². The fraction of sp³-hybridized carbons (Fsp3) is 0.0526. The van der Waals surface area contributed by atoms with E-state index in [-0.39, 0.29) is 12.1 Å². The summed E-state index contributed by atoms with van der Waals surface area (Å²) in [7, 11) is 0. The van der Waals surface area contributed by atoms with Gasteiger partial charge in [-0.3, -0.25) is 0 Å². The summed E-state index contributed by atoms with van der Waals surface area (Å²) in [5.41, 5.74) is 13.1. The van der Waals surface area contributed by atoms with E-state index in [1.54, 1.807) is 0 Å². The highest BCUT2D eigenvalue weighted by molar-refractivity contribution is 6.24. The van der Waals surface area contributed by atoms with E-state index in [4.69, 9.17) is 14.4 Å². The Morgan fingerprint density at radius 1 is 0.508 bits per heavy atom. The molecule has 11 aromatic rings. The second kappa shape index (κ2) is 14.2. The zero-order valence-corrected chi connectivity index (χ0v) is 34.2. The van der Waals surface area contributed by atoms with Gasteiger partial charge in [-0.1, -0.05) is 152 Å². The van der Waals surface area contributed by atoms with Crippen LogP contribution in [0.25, 0.3) is 89.2 Å². The van der Waals surface area contributed by atoms with Gasteiger partial charge in [0.25, 0.3) is 0 Å². The summed E-state index contributed by atoms with van der Waals surface area (Å²) in [5, 5.41) is 10.8. The van der Waals surface area contributed by atoms with Crippen LogP contribution in [0.2, 0.25) is 0 Å². The Labute approximate surface area is 362 Å². The molecule has 4 heterocycles. The molecule has 0 radical (unpaired) electrons. The first-order valence-corrected chi connectivity index (χ1v) is 21.6. The number of hydrogen-bond donors (Lipinski definition) is 1. The van der Waals surface area contributed by atoms with Crippen LogP contribution in [0.3, 0.4) is 0 Å². The molecule has 13 rings (SSSR count). The lowest BCUT2D eigenvalue weighted by Crippen LogP contribution is -2.39. The zero-order valence-electron chi connectivity index (χ0n) is 34.2. The first-order chi connectivity index (χ1) is 31.2. The molecule has 1 aliphatic carbocycles. The maximum absolute atomic E-state index is 6.61. The van der Waals surface area contributed by atoms with Gasteiger partial charge in [-0.25, -0.2) is 9.98 Å². The van der Waals surface area contributed by atoms with Crippen LogP contribution >= 0.6 is 0 Å². The highest BCUT2D eigenvalue weighted by Crippen LogP contribution is 2.42. The number of fused-ring (bicyclic) bond motifs is 10. The molecule has 0 spiro atoms. The molecule has 8 aromatic carbocycles. The van der Waals surface area contributed by atoms with Crippen LogP contribution in [0.1, 0.15) is 23.7 Å². The van der Waals surface area contributed by atoms with Gasteiger partial charge in [0.1, 0.15) is 23.0 Å². The molecule has 2 unspecified atom stereocenters. The van der Waals surface area contributed by atoms with E-state index >= 15 is 0 Å². The number of aliphatic imine (C=N–C) groups is 2. The van der Waals surface area contributed by atoms with Gasteiger partial charge in [-0.2, -0.15) is 0 Å². The lowest BCUT2D eigenvalue weighted by molar-refractivity contribution is 0.567. The largest absolute Gasteiger partial charge is 0.456 e. The molecule has 63 heavy (non-hydrogen) atoms. The first-order valence-electron chi connectivity index (χ1n) is 21.6. The Morgan fingerprint density at radius 2 is 1.11 bits per heavy atom. The van der Waals surface area contributed by atoms with Crippen molar-refractivity contribution < 1.29 is 4.42 Å². The van der Waals surface area contributed by atoms with Gasteiger partial charge < -0.3 is 18.9 Å². The van der Waals surface area contributed by atoms with Crippen LogP contribution in [0.15, 0.2) is 209 Å². The van der Waals surface area contributed by atoms with Crippen LogP contribution in [-0.2, 0) is 0 Å². The van der Waals surface area contributed by atoms with E-state index in [0.717, 1.165) is 73.3 Å². The minimum Gasteiger partial charge on any atom is -0.456 e. The summed E-state index contributed by atoms with van der Waals surface area (Å²) >= 11 is 0. The molecule has 2 atom stereocenters. The standard InChI is InChI=1S/C57H39N5O/c1-4-15-36(16-5-1)55-58-56(37-17-6-2-7-18-37)60-57(59-55)40-27-29-45-48-34-39(28-32-51(48)63-52(45)35-40)38-19-14-22-42(33-38)62-50-26-13-11-24-44(50)47-31-30-46-43-23-10-12-25-49(43)61(53(46)54(47)62)41-20-8-3-9-21-41/h1-26,28-35,40,55H,27H2,(H,58,59,60). The Hall–Kier alpha value is -8.22. The van der Waals surface area contributed by atoms with Crippen molar-refractivity contribution in [1.29, 1.82) is 0 Å². The maximum atomic E-state index is 6.61. The van der Waals surface area contributed by atoms with E-state index in [1.807, 2.05) is 24.3 Å². The minimum absolute atomic E-state index is 0.00732. The van der Waals surface area contributed by atoms with E-state index in [1.165, 1.54) is 43.6 Å². The van der Waals surface area contributed by atoms with E-state index in [2.05, 4.69) is 196 Å². The quantitative estimate of drug-likeness (QED) is 0.182. The van der Waals surface area contributed by atoms with Gasteiger partial charge >= 0.3 is 0 Å². The van der Waals surface area contributed by atoms with Gasteiger partial charge in [0.2, 0.25) is 0 Å². The number of rotatable bonds is 6. The summed E-state index contributed by atoms with van der Waals surface area (Å²) in [5.74, 6) is 1.63. The molecular weight excluding hydrogens is 771 g/mol. The average Bonchev–Trinajstić information content (AvgIpc) is 4.02.